The van der Waals surface area contributed by atoms with Crippen molar-refractivity contribution < 1.29 is 4.39 Å². The average Bonchev–Trinajstić information content (AvgIpc) is 2.87. The molecule has 150 valence electrons. The Morgan fingerprint density at radius 3 is 2.48 bits per heavy atom. The minimum atomic E-state index is -0.176. The zero-order valence-electron chi connectivity index (χ0n) is 16.5. The highest BCUT2D eigenvalue weighted by molar-refractivity contribution is 14.0. The van der Waals surface area contributed by atoms with Crippen LogP contribution in [0.25, 0.3) is 0 Å². The molecular formula is C19H28ClFIN5. The van der Waals surface area contributed by atoms with Gasteiger partial charge in [-0.1, -0.05) is 17.7 Å². The van der Waals surface area contributed by atoms with Crippen LogP contribution in [0.2, 0.25) is 5.02 Å². The maximum atomic E-state index is 13.9. The minimum Gasteiger partial charge on any atom is -0.352 e. The summed E-state index contributed by atoms with van der Waals surface area (Å²) in [5, 5.41) is 4.05. The maximum absolute atomic E-state index is 13.9. The summed E-state index contributed by atoms with van der Waals surface area (Å²) in [6.07, 6.45) is 1.88. The van der Waals surface area contributed by atoms with E-state index in [0.29, 0.717) is 25.2 Å². The van der Waals surface area contributed by atoms with Gasteiger partial charge in [-0.25, -0.2) is 4.39 Å². The fourth-order valence-corrected chi connectivity index (χ4v) is 3.08. The Kier molecular flexibility index (Phi) is 9.55. The van der Waals surface area contributed by atoms with E-state index in [4.69, 9.17) is 11.6 Å². The first-order valence-corrected chi connectivity index (χ1v) is 8.82. The number of hydrogen-bond acceptors (Lipinski definition) is 2. The molecule has 0 spiro atoms. The van der Waals surface area contributed by atoms with Crippen molar-refractivity contribution in [2.45, 2.75) is 19.6 Å². The molecule has 0 saturated carbocycles. The molecule has 0 aliphatic heterocycles. The number of guanidine groups is 1. The molecule has 0 radical (unpaired) electrons. The lowest BCUT2D eigenvalue weighted by Crippen LogP contribution is -2.38. The third kappa shape index (κ3) is 6.97. The largest absolute Gasteiger partial charge is 0.352 e. The van der Waals surface area contributed by atoms with Crippen LogP contribution >= 0.6 is 35.6 Å². The third-order valence-corrected chi connectivity index (χ3v) is 4.30. The molecule has 0 amide bonds. The summed E-state index contributed by atoms with van der Waals surface area (Å²) in [6.45, 7) is 1.83. The van der Waals surface area contributed by atoms with E-state index in [2.05, 4.69) is 10.3 Å². The predicted molar refractivity (Wildman–Crippen MR) is 121 cm³/mol. The van der Waals surface area contributed by atoms with Gasteiger partial charge in [0.15, 0.2) is 5.96 Å². The number of rotatable bonds is 6. The van der Waals surface area contributed by atoms with Crippen molar-refractivity contribution in [1.82, 2.24) is 19.7 Å². The van der Waals surface area contributed by atoms with Crippen molar-refractivity contribution in [3.63, 3.8) is 0 Å². The Balaban J connectivity index is 0.00000364. The molecule has 1 aromatic heterocycles. The van der Waals surface area contributed by atoms with Crippen LogP contribution in [0.3, 0.4) is 0 Å². The summed E-state index contributed by atoms with van der Waals surface area (Å²) in [5.74, 6) is 0.588. The molecule has 1 aromatic carbocycles. The molecule has 8 heteroatoms. The number of aromatic nitrogens is 1. The quantitative estimate of drug-likeness (QED) is 0.368. The first-order valence-electron chi connectivity index (χ1n) is 8.44. The highest BCUT2D eigenvalue weighted by atomic mass is 127. The Morgan fingerprint density at radius 1 is 1.22 bits per heavy atom. The number of aliphatic imine (C=N–C) groups is 1. The van der Waals surface area contributed by atoms with Gasteiger partial charge < -0.3 is 19.7 Å². The number of hydrogen-bond donors (Lipinski definition) is 1. The van der Waals surface area contributed by atoms with Gasteiger partial charge in [-0.05, 0) is 37.9 Å². The lowest BCUT2D eigenvalue weighted by atomic mass is 10.1. The Bertz CT molecular complexity index is 775. The second-order valence-electron chi connectivity index (χ2n) is 6.68. The van der Waals surface area contributed by atoms with Crippen LogP contribution in [-0.4, -0.2) is 48.5 Å². The number of nitrogens with zero attached hydrogens (tertiary/aromatic N) is 4. The van der Waals surface area contributed by atoms with Gasteiger partial charge in [-0.15, -0.1) is 24.0 Å². The van der Waals surface area contributed by atoms with E-state index in [9.17, 15) is 4.39 Å². The highest BCUT2D eigenvalue weighted by Gasteiger charge is 2.11. The van der Waals surface area contributed by atoms with Gasteiger partial charge in [0.25, 0.3) is 0 Å². The number of halogens is 3. The first kappa shape index (κ1) is 23.7. The van der Waals surface area contributed by atoms with Gasteiger partial charge in [0.2, 0.25) is 0 Å². The van der Waals surface area contributed by atoms with Gasteiger partial charge in [-0.3, -0.25) is 4.99 Å². The Morgan fingerprint density at radius 2 is 1.93 bits per heavy atom. The molecule has 0 aliphatic carbocycles. The molecule has 0 unspecified atom stereocenters. The molecular weight excluding hydrogens is 480 g/mol. The lowest BCUT2D eigenvalue weighted by molar-refractivity contribution is 0.392. The van der Waals surface area contributed by atoms with Crippen LogP contribution in [0.4, 0.5) is 4.39 Å². The molecule has 0 bridgehead atoms. The molecule has 5 nitrogen and oxygen atoms in total. The molecule has 2 rings (SSSR count). The van der Waals surface area contributed by atoms with Gasteiger partial charge in [0.1, 0.15) is 5.82 Å². The molecule has 0 atom stereocenters. The van der Waals surface area contributed by atoms with Crippen molar-refractivity contribution >= 4 is 41.5 Å². The smallest absolute Gasteiger partial charge is 0.194 e. The van der Waals surface area contributed by atoms with E-state index in [1.54, 1.807) is 13.1 Å². The SMILES string of the molecule is CN=C(NCc1ccc(F)c(CN(C)C)c1)N(C)Cc1cc(Cl)cn1C.I. The van der Waals surface area contributed by atoms with Crippen molar-refractivity contribution in [3.05, 3.63) is 58.1 Å². The summed E-state index contributed by atoms with van der Waals surface area (Å²) >= 11 is 6.05. The molecule has 1 N–H and O–H groups in total. The van der Waals surface area contributed by atoms with E-state index >= 15 is 0 Å². The van der Waals surface area contributed by atoms with E-state index < -0.39 is 0 Å². The lowest BCUT2D eigenvalue weighted by Gasteiger charge is -2.22. The predicted octanol–water partition coefficient (Wildman–Crippen LogP) is 3.70. The fraction of sp³-hybridized carbons (Fsp3) is 0.421. The summed E-state index contributed by atoms with van der Waals surface area (Å²) in [4.78, 5) is 8.31. The highest BCUT2D eigenvalue weighted by Crippen LogP contribution is 2.15. The van der Waals surface area contributed by atoms with Crippen molar-refractivity contribution in [2.75, 3.05) is 28.2 Å². The van der Waals surface area contributed by atoms with Crippen LogP contribution in [0, 0.1) is 5.82 Å². The summed E-state index contributed by atoms with van der Waals surface area (Å²) in [5.41, 5.74) is 2.80. The summed E-state index contributed by atoms with van der Waals surface area (Å²) in [7, 11) is 9.54. The second-order valence-corrected chi connectivity index (χ2v) is 7.12. The Labute approximate surface area is 183 Å². The number of benzene rings is 1. The fourth-order valence-electron chi connectivity index (χ4n) is 2.81. The van der Waals surface area contributed by atoms with Gasteiger partial charge in [0.05, 0.1) is 11.6 Å². The molecule has 27 heavy (non-hydrogen) atoms. The van der Waals surface area contributed by atoms with Crippen LogP contribution in [0.1, 0.15) is 16.8 Å². The van der Waals surface area contributed by atoms with E-state index in [-0.39, 0.29) is 29.8 Å². The summed E-state index contributed by atoms with van der Waals surface area (Å²) < 4.78 is 15.9. The van der Waals surface area contributed by atoms with Crippen LogP contribution in [-0.2, 0) is 26.7 Å². The van der Waals surface area contributed by atoms with E-state index in [0.717, 1.165) is 22.2 Å². The molecule has 0 fully saturated rings. The zero-order chi connectivity index (χ0) is 19.3. The Hall–Kier alpha value is -1.32. The minimum absolute atomic E-state index is 0. The standard InChI is InChI=1S/C19H27ClFN5.HI/c1-22-19(26(5)13-17-9-16(20)12-25(17)4)23-10-14-6-7-18(21)15(8-14)11-24(2)3;/h6-9,12H,10-11,13H2,1-5H3,(H,22,23);1H. The van der Waals surface area contributed by atoms with Crippen molar-refractivity contribution in [3.8, 4) is 0 Å². The van der Waals surface area contributed by atoms with Crippen LogP contribution in [0.15, 0.2) is 35.5 Å². The topological polar surface area (TPSA) is 35.8 Å². The number of aryl methyl sites for hydroxylation is 1. The van der Waals surface area contributed by atoms with Gasteiger partial charge in [0, 0.05) is 51.7 Å². The average molecular weight is 508 g/mol. The molecule has 2 aromatic rings. The summed E-state index contributed by atoms with van der Waals surface area (Å²) in [6, 6.07) is 7.16. The first-order chi connectivity index (χ1) is 12.3. The van der Waals surface area contributed by atoms with Gasteiger partial charge in [-0.2, -0.15) is 0 Å². The second kappa shape index (κ2) is 10.9. The van der Waals surface area contributed by atoms with E-state index in [1.807, 2.05) is 60.9 Å². The third-order valence-electron chi connectivity index (χ3n) is 4.09. The molecule has 1 heterocycles. The van der Waals surface area contributed by atoms with E-state index in [1.165, 1.54) is 6.07 Å². The van der Waals surface area contributed by atoms with Crippen LogP contribution in [0.5, 0.6) is 0 Å². The number of nitrogens with one attached hydrogen (secondary N) is 1. The monoisotopic (exact) mass is 507 g/mol. The van der Waals surface area contributed by atoms with Crippen molar-refractivity contribution in [1.29, 1.82) is 0 Å². The van der Waals surface area contributed by atoms with Crippen LogP contribution < -0.4 is 5.32 Å². The van der Waals surface area contributed by atoms with Crippen molar-refractivity contribution in [2.24, 2.45) is 12.0 Å². The normalized spacial score (nSPS) is 11.5. The molecule has 0 aliphatic rings. The van der Waals surface area contributed by atoms with Gasteiger partial charge >= 0.3 is 0 Å². The molecule has 0 saturated heterocycles. The zero-order valence-corrected chi connectivity index (χ0v) is 19.5. The maximum Gasteiger partial charge on any atom is 0.194 e.